The number of carbonyl (C=O) groups is 2. The maximum atomic E-state index is 13.6. The minimum atomic E-state index is -0.568. The Kier molecular flexibility index (Phi) is 8.90. The Morgan fingerprint density at radius 2 is 1.83 bits per heavy atom. The van der Waals surface area contributed by atoms with Gasteiger partial charge in [-0.15, -0.1) is 5.10 Å². The van der Waals surface area contributed by atoms with Crippen molar-refractivity contribution in [2.24, 2.45) is 0 Å². The fraction of sp³-hybridized carbons (Fsp3) is 0.103. The molecule has 0 aliphatic carbocycles. The molecule has 0 unspecified atom stereocenters. The second-order valence-electron chi connectivity index (χ2n) is 9.01. The molecule has 11 nitrogen and oxygen atoms in total. The van der Waals surface area contributed by atoms with Gasteiger partial charge in [0.15, 0.2) is 0 Å². The van der Waals surface area contributed by atoms with Crippen molar-refractivity contribution in [3.8, 4) is 16.9 Å². The van der Waals surface area contributed by atoms with Crippen LogP contribution >= 0.6 is 23.2 Å². The van der Waals surface area contributed by atoms with Gasteiger partial charge in [0.25, 0.3) is 0 Å². The van der Waals surface area contributed by atoms with Gasteiger partial charge < -0.3 is 14.6 Å². The van der Waals surface area contributed by atoms with Crippen LogP contribution in [0.4, 0.5) is 10.5 Å². The molecule has 0 aliphatic rings. The molecule has 0 atom stereocenters. The first-order chi connectivity index (χ1) is 20.4. The Hall–Kier alpha value is -5.00. The number of aromatic nitrogens is 6. The standard InChI is InChI=1S/C29H24Cl2N8O3/c1-42-29(41)33-23-11-7-20(8-12-23)27-28(31)35-25(34-27)17-38(16-19-5-3-2-4-6-19)26(40)14-9-21-15-22(30)10-13-24(21)39-18-32-36-37-39/h2-15,18H,16-17H2,1H3,(H,33,41)(H,34,35). The van der Waals surface area contributed by atoms with Gasteiger partial charge >= 0.3 is 6.09 Å². The van der Waals surface area contributed by atoms with E-state index in [1.165, 1.54) is 24.2 Å². The van der Waals surface area contributed by atoms with E-state index in [1.54, 1.807) is 53.4 Å². The topological polar surface area (TPSA) is 131 Å². The third-order valence-corrected chi connectivity index (χ3v) is 6.67. The third-order valence-electron chi connectivity index (χ3n) is 6.16. The maximum Gasteiger partial charge on any atom is 0.411 e. The third kappa shape index (κ3) is 7.00. The molecule has 0 saturated heterocycles. The van der Waals surface area contributed by atoms with Gasteiger partial charge in [-0.3, -0.25) is 10.1 Å². The van der Waals surface area contributed by atoms with Crippen molar-refractivity contribution in [2.75, 3.05) is 12.4 Å². The molecular weight excluding hydrogens is 579 g/mol. The number of carbonyl (C=O) groups excluding carboxylic acids is 2. The zero-order valence-electron chi connectivity index (χ0n) is 22.2. The predicted molar refractivity (Wildman–Crippen MR) is 159 cm³/mol. The Morgan fingerprint density at radius 3 is 2.55 bits per heavy atom. The summed E-state index contributed by atoms with van der Waals surface area (Å²) in [7, 11) is 1.29. The lowest BCUT2D eigenvalue weighted by atomic mass is 10.1. The summed E-state index contributed by atoms with van der Waals surface area (Å²) in [5.74, 6) is 0.246. The van der Waals surface area contributed by atoms with Crippen molar-refractivity contribution in [3.63, 3.8) is 0 Å². The lowest BCUT2D eigenvalue weighted by Gasteiger charge is -2.20. The van der Waals surface area contributed by atoms with E-state index >= 15 is 0 Å². The lowest BCUT2D eigenvalue weighted by molar-refractivity contribution is -0.127. The smallest absolute Gasteiger partial charge is 0.411 e. The van der Waals surface area contributed by atoms with Crippen molar-refractivity contribution in [1.29, 1.82) is 0 Å². The van der Waals surface area contributed by atoms with E-state index in [4.69, 9.17) is 23.2 Å². The van der Waals surface area contributed by atoms with Gasteiger partial charge in [0.1, 0.15) is 23.0 Å². The molecule has 3 aromatic carbocycles. The molecule has 42 heavy (non-hydrogen) atoms. The summed E-state index contributed by atoms with van der Waals surface area (Å²) >= 11 is 12.8. The van der Waals surface area contributed by atoms with Crippen molar-refractivity contribution >= 4 is 47.0 Å². The van der Waals surface area contributed by atoms with Gasteiger partial charge in [-0.1, -0.05) is 65.7 Å². The number of ether oxygens (including phenoxy) is 1. The number of imidazole rings is 1. The van der Waals surface area contributed by atoms with Gasteiger partial charge in [-0.05, 0) is 52.4 Å². The number of hydrogen-bond acceptors (Lipinski definition) is 7. The monoisotopic (exact) mass is 602 g/mol. The van der Waals surface area contributed by atoms with Crippen LogP contribution in [0.15, 0.2) is 85.2 Å². The van der Waals surface area contributed by atoms with Crippen LogP contribution < -0.4 is 5.32 Å². The van der Waals surface area contributed by atoms with Crippen LogP contribution in [0.3, 0.4) is 0 Å². The average molecular weight is 603 g/mol. The predicted octanol–water partition coefficient (Wildman–Crippen LogP) is 5.78. The molecule has 5 aromatic rings. The summed E-state index contributed by atoms with van der Waals surface area (Å²) in [5.41, 5.74) is 4.09. The zero-order valence-corrected chi connectivity index (χ0v) is 23.8. The highest BCUT2D eigenvalue weighted by Crippen LogP contribution is 2.28. The summed E-state index contributed by atoms with van der Waals surface area (Å²) < 4.78 is 6.11. The quantitative estimate of drug-likeness (QED) is 0.204. The first-order valence-corrected chi connectivity index (χ1v) is 13.4. The summed E-state index contributed by atoms with van der Waals surface area (Å²) in [4.78, 5) is 34.4. The number of aromatic amines is 1. The Balaban J connectivity index is 1.39. The molecule has 0 aliphatic heterocycles. The number of hydrogen-bond donors (Lipinski definition) is 2. The summed E-state index contributed by atoms with van der Waals surface area (Å²) in [6, 6.07) is 21.9. The molecule has 0 fully saturated rings. The zero-order chi connectivity index (χ0) is 29.5. The lowest BCUT2D eigenvalue weighted by Crippen LogP contribution is -2.29. The minimum Gasteiger partial charge on any atom is -0.453 e. The van der Waals surface area contributed by atoms with Crippen LogP contribution in [-0.4, -0.2) is 54.2 Å². The molecule has 0 saturated carbocycles. The minimum absolute atomic E-state index is 0.162. The van der Waals surface area contributed by atoms with E-state index in [1.807, 2.05) is 30.3 Å². The van der Waals surface area contributed by atoms with E-state index in [2.05, 4.69) is 35.5 Å². The number of H-pyrrole nitrogens is 1. The van der Waals surface area contributed by atoms with Gasteiger partial charge in [-0.25, -0.2) is 9.78 Å². The van der Waals surface area contributed by atoms with Gasteiger partial charge in [-0.2, -0.15) is 4.68 Å². The van der Waals surface area contributed by atoms with Crippen LogP contribution in [0.1, 0.15) is 17.0 Å². The Bertz CT molecular complexity index is 1710. The van der Waals surface area contributed by atoms with E-state index in [0.29, 0.717) is 45.2 Å². The van der Waals surface area contributed by atoms with Crippen molar-refractivity contribution in [1.82, 2.24) is 35.1 Å². The largest absolute Gasteiger partial charge is 0.453 e. The second kappa shape index (κ2) is 13.1. The number of amides is 2. The van der Waals surface area contributed by atoms with Crippen LogP contribution in [0, 0.1) is 0 Å². The first-order valence-electron chi connectivity index (χ1n) is 12.6. The highest BCUT2D eigenvalue weighted by molar-refractivity contribution is 6.32. The summed E-state index contributed by atoms with van der Waals surface area (Å²) in [6.45, 7) is 0.496. The molecule has 2 amide bonds. The summed E-state index contributed by atoms with van der Waals surface area (Å²) in [6.07, 6.45) is 4.04. The molecule has 2 heterocycles. The molecule has 0 bridgehead atoms. The fourth-order valence-electron chi connectivity index (χ4n) is 4.15. The Labute approximate surface area is 250 Å². The normalized spacial score (nSPS) is 11.0. The molecule has 13 heteroatoms. The van der Waals surface area contributed by atoms with Crippen molar-refractivity contribution in [2.45, 2.75) is 13.1 Å². The van der Waals surface area contributed by atoms with E-state index < -0.39 is 6.09 Å². The number of methoxy groups -OCH3 is 1. The molecule has 5 rings (SSSR count). The van der Waals surface area contributed by atoms with E-state index in [9.17, 15) is 9.59 Å². The average Bonchev–Trinajstić information content (AvgIpc) is 3.66. The van der Waals surface area contributed by atoms with Crippen LogP contribution in [0.2, 0.25) is 10.2 Å². The molecule has 212 valence electrons. The van der Waals surface area contributed by atoms with Gasteiger partial charge in [0, 0.05) is 34.5 Å². The molecule has 0 spiro atoms. The molecule has 0 radical (unpaired) electrons. The fourth-order valence-corrected chi connectivity index (χ4v) is 4.59. The first kappa shape index (κ1) is 28.5. The van der Waals surface area contributed by atoms with Crippen LogP contribution in [0.25, 0.3) is 23.0 Å². The number of halogens is 2. The van der Waals surface area contributed by atoms with E-state index in [-0.39, 0.29) is 12.5 Å². The van der Waals surface area contributed by atoms with E-state index in [0.717, 1.165) is 11.1 Å². The number of anilines is 1. The number of nitrogens with zero attached hydrogens (tertiary/aromatic N) is 6. The van der Waals surface area contributed by atoms with Crippen molar-refractivity contribution < 1.29 is 14.3 Å². The highest BCUT2D eigenvalue weighted by Gasteiger charge is 2.18. The highest BCUT2D eigenvalue weighted by atomic mass is 35.5. The SMILES string of the molecule is COC(=O)Nc1ccc(-c2nc(CN(Cc3ccccc3)C(=O)C=Cc3cc(Cl)ccc3-n3cnnn3)[nH]c2Cl)cc1. The number of tetrazole rings is 1. The summed E-state index contributed by atoms with van der Waals surface area (Å²) in [5, 5.41) is 14.7. The number of nitrogens with one attached hydrogen (secondary N) is 2. The van der Waals surface area contributed by atoms with Gasteiger partial charge in [0.05, 0.1) is 19.3 Å². The molecular formula is C29H24Cl2N8O3. The van der Waals surface area contributed by atoms with Crippen LogP contribution in [0.5, 0.6) is 0 Å². The maximum absolute atomic E-state index is 13.6. The second-order valence-corrected chi connectivity index (χ2v) is 9.83. The van der Waals surface area contributed by atoms with Gasteiger partial charge in [0.2, 0.25) is 5.91 Å². The molecule has 2 N–H and O–H groups in total. The molecule has 2 aromatic heterocycles. The number of benzene rings is 3. The van der Waals surface area contributed by atoms with Crippen LogP contribution in [-0.2, 0) is 22.6 Å². The van der Waals surface area contributed by atoms with Crippen molar-refractivity contribution in [3.05, 3.63) is 112 Å². The number of rotatable bonds is 9. The Morgan fingerprint density at radius 1 is 1.05 bits per heavy atom.